The first-order chi connectivity index (χ1) is 15.3. The third-order valence-corrected chi connectivity index (χ3v) is 6.72. The standard InChI is InChI=1S/C26H29N3O2/c30-18-22-8-7-21-16-23-24(28-31-26(23)17-25(21)27-22)9-6-20-11-14-29(15-12-20)13-10-19-4-2-1-3-5-19/h1-5,7-8,16-18,20,22,27H,6,9-15H2. The topological polar surface area (TPSA) is 58.4 Å². The van der Waals surface area contributed by atoms with Gasteiger partial charge in [0, 0.05) is 23.7 Å². The maximum Gasteiger partial charge on any atom is 0.169 e. The summed E-state index contributed by atoms with van der Waals surface area (Å²) in [4.78, 5) is 13.6. The van der Waals surface area contributed by atoms with E-state index in [1.165, 1.54) is 31.5 Å². The predicted octanol–water partition coefficient (Wildman–Crippen LogP) is 4.72. The summed E-state index contributed by atoms with van der Waals surface area (Å²) >= 11 is 0. The molecule has 0 radical (unpaired) electrons. The van der Waals surface area contributed by atoms with Gasteiger partial charge in [-0.3, -0.25) is 0 Å². The van der Waals surface area contributed by atoms with E-state index in [1.54, 1.807) is 0 Å². The van der Waals surface area contributed by atoms with E-state index in [0.29, 0.717) is 0 Å². The van der Waals surface area contributed by atoms with Gasteiger partial charge in [-0.15, -0.1) is 0 Å². The van der Waals surface area contributed by atoms with Gasteiger partial charge in [-0.2, -0.15) is 0 Å². The summed E-state index contributed by atoms with van der Waals surface area (Å²) in [6, 6.07) is 14.6. The molecule has 5 rings (SSSR count). The second-order valence-electron chi connectivity index (χ2n) is 8.79. The Morgan fingerprint density at radius 1 is 1.13 bits per heavy atom. The molecule has 1 aromatic heterocycles. The third-order valence-electron chi connectivity index (χ3n) is 6.72. The van der Waals surface area contributed by atoms with Gasteiger partial charge in [0.1, 0.15) is 12.3 Å². The van der Waals surface area contributed by atoms with Crippen LogP contribution in [0.5, 0.6) is 0 Å². The molecule has 5 heteroatoms. The molecule has 5 nitrogen and oxygen atoms in total. The number of rotatable bonds is 7. The Morgan fingerprint density at radius 3 is 2.77 bits per heavy atom. The lowest BCUT2D eigenvalue weighted by Crippen LogP contribution is -2.35. The van der Waals surface area contributed by atoms with E-state index in [0.717, 1.165) is 65.9 Å². The van der Waals surface area contributed by atoms with Crippen LogP contribution >= 0.6 is 0 Å². The molecule has 2 aliphatic heterocycles. The zero-order chi connectivity index (χ0) is 21.0. The average Bonchev–Trinajstić information content (AvgIpc) is 3.22. The molecule has 0 bridgehead atoms. The minimum atomic E-state index is -0.272. The number of nitrogens with zero attached hydrogens (tertiary/aromatic N) is 2. The quantitative estimate of drug-likeness (QED) is 0.566. The van der Waals surface area contributed by atoms with Crippen LogP contribution in [0.1, 0.15) is 36.1 Å². The number of aryl methyl sites for hydroxylation is 1. The van der Waals surface area contributed by atoms with Crippen molar-refractivity contribution in [2.24, 2.45) is 5.92 Å². The third kappa shape index (κ3) is 4.57. The Morgan fingerprint density at radius 2 is 1.97 bits per heavy atom. The Balaban J connectivity index is 1.14. The summed E-state index contributed by atoms with van der Waals surface area (Å²) < 4.78 is 5.60. The summed E-state index contributed by atoms with van der Waals surface area (Å²) in [6.45, 7) is 3.54. The molecule has 3 heterocycles. The fourth-order valence-corrected chi connectivity index (χ4v) is 4.78. The zero-order valence-electron chi connectivity index (χ0n) is 17.8. The highest BCUT2D eigenvalue weighted by molar-refractivity contribution is 5.90. The number of piperidine rings is 1. The highest BCUT2D eigenvalue weighted by Gasteiger charge is 2.21. The van der Waals surface area contributed by atoms with Crippen LogP contribution < -0.4 is 5.32 Å². The molecular weight excluding hydrogens is 386 g/mol. The van der Waals surface area contributed by atoms with Gasteiger partial charge in [-0.1, -0.05) is 47.6 Å². The Bertz CT molecular complexity index is 1060. The van der Waals surface area contributed by atoms with E-state index in [-0.39, 0.29) is 6.04 Å². The van der Waals surface area contributed by atoms with Crippen LogP contribution in [0.25, 0.3) is 17.0 Å². The van der Waals surface area contributed by atoms with Gasteiger partial charge in [0.2, 0.25) is 0 Å². The van der Waals surface area contributed by atoms with Crippen molar-refractivity contribution in [3.8, 4) is 0 Å². The van der Waals surface area contributed by atoms with Gasteiger partial charge in [0.05, 0.1) is 5.69 Å². The second kappa shape index (κ2) is 9.06. The SMILES string of the molecule is O=CC1C=Cc2cc3c(CCC4CCN(CCc5ccccc5)CC4)noc3cc2N1. The average molecular weight is 416 g/mol. The summed E-state index contributed by atoms with van der Waals surface area (Å²) in [5.74, 6) is 0.757. The number of hydrogen-bond donors (Lipinski definition) is 1. The molecule has 1 atom stereocenters. The van der Waals surface area contributed by atoms with Crippen LogP contribution in [0.3, 0.4) is 0 Å². The molecule has 0 saturated carbocycles. The number of aldehydes is 1. The molecule has 160 valence electrons. The van der Waals surface area contributed by atoms with Crippen LogP contribution in [0.4, 0.5) is 5.69 Å². The number of likely N-dealkylation sites (tertiary alicyclic amines) is 1. The van der Waals surface area contributed by atoms with Crippen molar-refractivity contribution in [3.05, 3.63) is 65.4 Å². The molecule has 3 aromatic rings. The van der Waals surface area contributed by atoms with E-state index in [9.17, 15) is 4.79 Å². The Labute approximate surface area is 183 Å². The first-order valence-electron chi connectivity index (χ1n) is 11.4. The van der Waals surface area contributed by atoms with Crippen molar-refractivity contribution in [1.82, 2.24) is 10.1 Å². The lowest BCUT2D eigenvalue weighted by atomic mass is 9.91. The molecule has 0 aliphatic carbocycles. The molecular formula is C26H29N3O2. The second-order valence-corrected chi connectivity index (χ2v) is 8.79. The Hall–Kier alpha value is -2.92. The first kappa shape index (κ1) is 20.0. The van der Waals surface area contributed by atoms with Gasteiger partial charge in [-0.25, -0.2) is 0 Å². The van der Waals surface area contributed by atoms with E-state index < -0.39 is 0 Å². The van der Waals surface area contributed by atoms with Crippen LogP contribution in [0.2, 0.25) is 0 Å². The fourth-order valence-electron chi connectivity index (χ4n) is 4.78. The molecule has 1 N–H and O–H groups in total. The highest BCUT2D eigenvalue weighted by atomic mass is 16.5. The van der Waals surface area contributed by atoms with Crippen LogP contribution in [-0.4, -0.2) is 42.0 Å². The molecule has 0 amide bonds. The van der Waals surface area contributed by atoms with E-state index in [4.69, 9.17) is 4.52 Å². The largest absolute Gasteiger partial charge is 0.372 e. The van der Waals surface area contributed by atoms with Gasteiger partial charge < -0.3 is 19.5 Å². The van der Waals surface area contributed by atoms with Gasteiger partial charge in [0.15, 0.2) is 5.58 Å². The summed E-state index contributed by atoms with van der Waals surface area (Å²) in [5, 5.41) is 8.66. The van der Waals surface area contributed by atoms with E-state index in [1.807, 2.05) is 18.2 Å². The molecule has 31 heavy (non-hydrogen) atoms. The van der Waals surface area contributed by atoms with Crippen molar-refractivity contribution in [2.45, 2.75) is 38.1 Å². The van der Waals surface area contributed by atoms with Crippen LogP contribution in [0.15, 0.2) is 53.1 Å². The summed E-state index contributed by atoms with van der Waals surface area (Å²) in [7, 11) is 0. The number of fused-ring (bicyclic) bond motifs is 2. The lowest BCUT2D eigenvalue weighted by molar-refractivity contribution is -0.107. The van der Waals surface area contributed by atoms with Crippen LogP contribution in [0, 0.1) is 5.92 Å². The van der Waals surface area contributed by atoms with Gasteiger partial charge in [-0.05, 0) is 68.3 Å². The normalized spacial score (nSPS) is 19.3. The highest BCUT2D eigenvalue weighted by Crippen LogP contribution is 2.31. The van der Waals surface area contributed by atoms with Crippen LogP contribution in [-0.2, 0) is 17.6 Å². The minimum Gasteiger partial charge on any atom is -0.372 e. The lowest BCUT2D eigenvalue weighted by Gasteiger charge is -2.31. The molecule has 1 saturated heterocycles. The number of anilines is 1. The zero-order valence-corrected chi connectivity index (χ0v) is 17.8. The number of benzene rings is 2. The van der Waals surface area contributed by atoms with Crippen molar-refractivity contribution in [1.29, 1.82) is 0 Å². The molecule has 1 unspecified atom stereocenters. The number of aromatic nitrogens is 1. The molecule has 2 aliphatic rings. The van der Waals surface area contributed by atoms with Crippen molar-refractivity contribution >= 4 is 29.0 Å². The smallest absolute Gasteiger partial charge is 0.169 e. The van der Waals surface area contributed by atoms with Crippen molar-refractivity contribution in [3.63, 3.8) is 0 Å². The van der Waals surface area contributed by atoms with Crippen molar-refractivity contribution < 1.29 is 9.32 Å². The Kier molecular flexibility index (Phi) is 5.85. The maximum absolute atomic E-state index is 11.0. The number of nitrogens with one attached hydrogen (secondary N) is 1. The summed E-state index contributed by atoms with van der Waals surface area (Å²) in [5.41, 5.74) is 5.28. The first-order valence-corrected chi connectivity index (χ1v) is 11.4. The van der Waals surface area contributed by atoms with Gasteiger partial charge >= 0.3 is 0 Å². The van der Waals surface area contributed by atoms with E-state index in [2.05, 4.69) is 51.8 Å². The fraction of sp³-hybridized carbons (Fsp3) is 0.385. The molecule has 0 spiro atoms. The van der Waals surface area contributed by atoms with Crippen molar-refractivity contribution in [2.75, 3.05) is 25.0 Å². The number of hydrogen-bond acceptors (Lipinski definition) is 5. The number of carbonyl (C=O) groups is 1. The monoisotopic (exact) mass is 415 g/mol. The molecule has 1 fully saturated rings. The summed E-state index contributed by atoms with van der Waals surface area (Å²) in [6.07, 6.45) is 10.6. The van der Waals surface area contributed by atoms with Gasteiger partial charge in [0.25, 0.3) is 0 Å². The predicted molar refractivity (Wildman–Crippen MR) is 124 cm³/mol. The maximum atomic E-state index is 11.0. The number of carbonyl (C=O) groups excluding carboxylic acids is 1. The minimum absolute atomic E-state index is 0.272. The van der Waals surface area contributed by atoms with E-state index >= 15 is 0 Å². The molecule has 2 aromatic carbocycles.